The van der Waals surface area contributed by atoms with Crippen molar-refractivity contribution in [2.75, 3.05) is 12.4 Å². The van der Waals surface area contributed by atoms with E-state index in [0.717, 1.165) is 11.6 Å². The van der Waals surface area contributed by atoms with Gasteiger partial charge in [0.2, 0.25) is 0 Å². The molecule has 1 aromatic heterocycles. The molecule has 1 N–H and O–H groups in total. The zero-order chi connectivity index (χ0) is 20.3. The van der Waals surface area contributed by atoms with Crippen molar-refractivity contribution in [3.8, 4) is 5.75 Å². The Morgan fingerprint density at radius 1 is 1.25 bits per heavy atom. The van der Waals surface area contributed by atoms with Crippen LogP contribution in [-0.2, 0) is 6.54 Å². The van der Waals surface area contributed by atoms with Crippen LogP contribution >= 0.6 is 23.2 Å². The number of benzene rings is 2. The Labute approximate surface area is 169 Å². The molecular weight excluding hydrogens is 407 g/mol. The highest BCUT2D eigenvalue weighted by Crippen LogP contribution is 2.28. The SMILES string of the molecule is COc1ccc(C(=O)Nc2nn(Cc3ccccc3Cl)cc2Cl)cc1[N+](=O)[O-]. The van der Waals surface area contributed by atoms with E-state index in [1.54, 1.807) is 12.3 Å². The topological polar surface area (TPSA) is 99.3 Å². The van der Waals surface area contributed by atoms with Crippen LogP contribution in [0.3, 0.4) is 0 Å². The Morgan fingerprint density at radius 2 is 2.00 bits per heavy atom. The van der Waals surface area contributed by atoms with Crippen molar-refractivity contribution >= 4 is 40.6 Å². The molecule has 0 aliphatic heterocycles. The fourth-order valence-electron chi connectivity index (χ4n) is 2.52. The molecule has 0 fully saturated rings. The van der Waals surface area contributed by atoms with Crippen LogP contribution in [0.5, 0.6) is 5.75 Å². The van der Waals surface area contributed by atoms with Crippen molar-refractivity contribution in [2.45, 2.75) is 6.54 Å². The van der Waals surface area contributed by atoms with Gasteiger partial charge in [-0.05, 0) is 23.8 Å². The van der Waals surface area contributed by atoms with Crippen LogP contribution in [0.1, 0.15) is 15.9 Å². The molecule has 144 valence electrons. The third-order valence-corrected chi connectivity index (χ3v) is 4.52. The average molecular weight is 421 g/mol. The van der Waals surface area contributed by atoms with E-state index in [4.69, 9.17) is 27.9 Å². The molecule has 0 unspecified atom stereocenters. The maximum atomic E-state index is 12.5. The molecule has 3 rings (SSSR count). The summed E-state index contributed by atoms with van der Waals surface area (Å²) in [6, 6.07) is 11.2. The number of hydrogen-bond donors (Lipinski definition) is 1. The number of anilines is 1. The van der Waals surface area contributed by atoms with Crippen molar-refractivity contribution in [1.82, 2.24) is 9.78 Å². The normalized spacial score (nSPS) is 10.5. The molecule has 0 aliphatic rings. The lowest BCUT2D eigenvalue weighted by Crippen LogP contribution is -2.13. The quantitative estimate of drug-likeness (QED) is 0.470. The number of carbonyl (C=O) groups is 1. The van der Waals surface area contributed by atoms with Gasteiger partial charge in [0.1, 0.15) is 5.02 Å². The molecular formula is C18H14Cl2N4O4. The largest absolute Gasteiger partial charge is 0.490 e. The molecule has 8 nitrogen and oxygen atoms in total. The first-order chi connectivity index (χ1) is 13.4. The molecule has 3 aromatic rings. The number of nitrogens with one attached hydrogen (secondary N) is 1. The lowest BCUT2D eigenvalue weighted by atomic mass is 10.1. The number of nitro groups is 1. The number of carbonyl (C=O) groups excluding carboxylic acids is 1. The van der Waals surface area contributed by atoms with Gasteiger partial charge in [0.15, 0.2) is 11.6 Å². The van der Waals surface area contributed by atoms with Gasteiger partial charge in [0, 0.05) is 22.8 Å². The number of nitrogens with zero attached hydrogens (tertiary/aromatic N) is 3. The monoisotopic (exact) mass is 420 g/mol. The standard InChI is InChI=1S/C18H14Cl2N4O4/c1-28-16-7-6-11(8-15(16)24(26)27)18(25)21-17-14(20)10-23(22-17)9-12-4-2-3-5-13(12)19/h2-8,10H,9H2,1H3,(H,21,22,25). The molecule has 0 spiro atoms. The van der Waals surface area contributed by atoms with Crippen LogP contribution in [0.25, 0.3) is 0 Å². The molecule has 1 amide bonds. The molecule has 2 aromatic carbocycles. The molecule has 0 saturated heterocycles. The summed E-state index contributed by atoms with van der Waals surface area (Å²) in [5.74, 6) is -0.392. The second-order valence-corrected chi connectivity index (χ2v) is 6.53. The first kappa shape index (κ1) is 19.7. The van der Waals surface area contributed by atoms with Crippen LogP contribution in [0.15, 0.2) is 48.7 Å². The van der Waals surface area contributed by atoms with E-state index < -0.39 is 10.8 Å². The third kappa shape index (κ3) is 4.24. The van der Waals surface area contributed by atoms with Crippen molar-refractivity contribution < 1.29 is 14.5 Å². The van der Waals surface area contributed by atoms with Gasteiger partial charge in [0.05, 0.1) is 18.6 Å². The molecule has 10 heteroatoms. The summed E-state index contributed by atoms with van der Waals surface area (Å²) in [6.45, 7) is 0.364. The first-order valence-electron chi connectivity index (χ1n) is 7.99. The predicted molar refractivity (Wildman–Crippen MR) is 105 cm³/mol. The lowest BCUT2D eigenvalue weighted by Gasteiger charge is -2.06. The molecule has 0 atom stereocenters. The summed E-state index contributed by atoms with van der Waals surface area (Å²) in [7, 11) is 1.31. The van der Waals surface area contributed by atoms with Gasteiger partial charge in [-0.2, -0.15) is 5.10 Å². The lowest BCUT2D eigenvalue weighted by molar-refractivity contribution is -0.385. The number of nitro benzene ring substituents is 1. The number of amides is 1. The van der Waals surface area contributed by atoms with Gasteiger partial charge in [-0.3, -0.25) is 19.6 Å². The molecule has 28 heavy (non-hydrogen) atoms. The maximum absolute atomic E-state index is 12.5. The first-order valence-corrected chi connectivity index (χ1v) is 8.74. The van der Waals surface area contributed by atoms with Gasteiger partial charge < -0.3 is 10.1 Å². The molecule has 0 radical (unpaired) electrons. The Bertz CT molecular complexity index is 1050. The van der Waals surface area contributed by atoms with E-state index >= 15 is 0 Å². The minimum absolute atomic E-state index is 0.0589. The second kappa shape index (κ2) is 8.28. The Morgan fingerprint density at radius 3 is 2.68 bits per heavy atom. The summed E-state index contributed by atoms with van der Waals surface area (Å²) in [5, 5.41) is 18.7. The summed E-state index contributed by atoms with van der Waals surface area (Å²) >= 11 is 12.3. The second-order valence-electron chi connectivity index (χ2n) is 5.71. The summed E-state index contributed by atoms with van der Waals surface area (Å²) < 4.78 is 6.46. The van der Waals surface area contributed by atoms with Gasteiger partial charge in [-0.15, -0.1) is 0 Å². The summed E-state index contributed by atoms with van der Waals surface area (Å²) in [4.78, 5) is 23.0. The van der Waals surface area contributed by atoms with Crippen LogP contribution in [0.4, 0.5) is 11.5 Å². The van der Waals surface area contributed by atoms with Crippen LogP contribution in [-0.4, -0.2) is 27.7 Å². The van der Waals surface area contributed by atoms with Crippen LogP contribution in [0.2, 0.25) is 10.0 Å². The fourth-order valence-corrected chi connectivity index (χ4v) is 2.91. The summed E-state index contributed by atoms with van der Waals surface area (Å²) in [5.41, 5.74) is 0.599. The average Bonchev–Trinajstić information content (AvgIpc) is 3.01. The summed E-state index contributed by atoms with van der Waals surface area (Å²) in [6.07, 6.45) is 1.55. The Balaban J connectivity index is 1.80. The third-order valence-electron chi connectivity index (χ3n) is 3.88. The molecule has 0 saturated carbocycles. The molecule has 0 bridgehead atoms. The van der Waals surface area contributed by atoms with E-state index in [1.165, 1.54) is 23.9 Å². The smallest absolute Gasteiger partial charge is 0.311 e. The van der Waals surface area contributed by atoms with Crippen molar-refractivity contribution in [2.24, 2.45) is 0 Å². The fraction of sp³-hybridized carbons (Fsp3) is 0.111. The van der Waals surface area contributed by atoms with Crippen molar-refractivity contribution in [3.05, 3.63) is 79.9 Å². The minimum atomic E-state index is -0.624. The number of rotatable bonds is 6. The molecule has 0 aliphatic carbocycles. The molecule has 1 heterocycles. The van der Waals surface area contributed by atoms with Crippen molar-refractivity contribution in [1.29, 1.82) is 0 Å². The Kier molecular flexibility index (Phi) is 5.81. The Hall–Kier alpha value is -3.10. The van der Waals surface area contributed by atoms with Gasteiger partial charge in [-0.25, -0.2) is 0 Å². The number of ether oxygens (including phenoxy) is 1. The van der Waals surface area contributed by atoms with Gasteiger partial charge in [0.25, 0.3) is 5.91 Å². The van der Waals surface area contributed by atoms with Crippen molar-refractivity contribution in [3.63, 3.8) is 0 Å². The van der Waals surface area contributed by atoms with Gasteiger partial charge in [-0.1, -0.05) is 41.4 Å². The van der Waals surface area contributed by atoms with Gasteiger partial charge >= 0.3 is 5.69 Å². The number of halogens is 2. The highest BCUT2D eigenvalue weighted by molar-refractivity contribution is 6.33. The minimum Gasteiger partial charge on any atom is -0.490 e. The highest BCUT2D eigenvalue weighted by atomic mass is 35.5. The zero-order valence-corrected chi connectivity index (χ0v) is 16.1. The van der Waals surface area contributed by atoms with Crippen LogP contribution < -0.4 is 10.1 Å². The maximum Gasteiger partial charge on any atom is 0.311 e. The zero-order valence-electron chi connectivity index (χ0n) is 14.6. The number of aromatic nitrogens is 2. The number of methoxy groups -OCH3 is 1. The van der Waals surface area contributed by atoms with E-state index in [1.807, 2.05) is 18.2 Å². The van der Waals surface area contributed by atoms with Crippen LogP contribution in [0, 0.1) is 10.1 Å². The van der Waals surface area contributed by atoms with E-state index in [2.05, 4.69) is 10.4 Å². The highest BCUT2D eigenvalue weighted by Gasteiger charge is 2.19. The van der Waals surface area contributed by atoms with E-state index in [0.29, 0.717) is 11.6 Å². The van der Waals surface area contributed by atoms with E-state index in [-0.39, 0.29) is 27.8 Å². The predicted octanol–water partition coefficient (Wildman–Crippen LogP) is 4.41. The van der Waals surface area contributed by atoms with E-state index in [9.17, 15) is 14.9 Å². The number of hydrogen-bond acceptors (Lipinski definition) is 5.